The number of hydrogen-bond donors (Lipinski definition) is 0. The Morgan fingerprint density at radius 1 is 1.06 bits per heavy atom. The van der Waals surface area contributed by atoms with Crippen LogP contribution in [-0.2, 0) is 0 Å². The number of fused-ring (bicyclic) bond motifs is 1. The molecule has 0 amide bonds. The van der Waals surface area contributed by atoms with Crippen molar-refractivity contribution in [1.82, 2.24) is 15.0 Å². The minimum atomic E-state index is 0.449. The minimum Gasteiger partial charge on any atom is -0.256 e. The lowest BCUT2D eigenvalue weighted by Crippen LogP contribution is -1.93. The summed E-state index contributed by atoms with van der Waals surface area (Å²) in [6.45, 7) is 1.83. The van der Waals surface area contributed by atoms with Gasteiger partial charge in [0, 0.05) is 23.2 Å². The molecule has 3 nitrogen and oxygen atoms in total. The summed E-state index contributed by atoms with van der Waals surface area (Å²) in [5, 5.41) is 1.54. The highest BCUT2D eigenvalue weighted by Gasteiger charge is 2.07. The number of benzene rings is 1. The first-order valence-electron chi connectivity index (χ1n) is 5.59. The molecule has 18 heavy (non-hydrogen) atoms. The number of halogens is 1. The number of para-hydroxylation sites is 1. The highest BCUT2D eigenvalue weighted by molar-refractivity contribution is 6.29. The fourth-order valence-electron chi connectivity index (χ4n) is 1.98. The van der Waals surface area contributed by atoms with Gasteiger partial charge < -0.3 is 0 Å². The van der Waals surface area contributed by atoms with Crippen LogP contribution in [0.4, 0.5) is 0 Å². The molecule has 3 rings (SSSR count). The van der Waals surface area contributed by atoms with Crippen LogP contribution in [-0.4, -0.2) is 15.0 Å². The standard InChI is InChI=1S/C14H10ClN3/c1-9-17-12(8-13(15)18-9)11-6-2-4-10-5-3-7-16-14(10)11/h2-8H,1H3. The summed E-state index contributed by atoms with van der Waals surface area (Å²) in [7, 11) is 0. The topological polar surface area (TPSA) is 38.7 Å². The number of hydrogen-bond acceptors (Lipinski definition) is 3. The predicted octanol–water partition coefficient (Wildman–Crippen LogP) is 3.65. The van der Waals surface area contributed by atoms with Crippen LogP contribution >= 0.6 is 11.6 Å². The largest absolute Gasteiger partial charge is 0.256 e. The van der Waals surface area contributed by atoms with Crippen molar-refractivity contribution in [2.45, 2.75) is 6.92 Å². The van der Waals surface area contributed by atoms with Gasteiger partial charge in [-0.15, -0.1) is 0 Å². The Morgan fingerprint density at radius 2 is 1.89 bits per heavy atom. The van der Waals surface area contributed by atoms with Crippen molar-refractivity contribution in [2.75, 3.05) is 0 Å². The van der Waals surface area contributed by atoms with Crippen molar-refractivity contribution in [1.29, 1.82) is 0 Å². The van der Waals surface area contributed by atoms with Gasteiger partial charge in [-0.05, 0) is 13.0 Å². The van der Waals surface area contributed by atoms with Crippen molar-refractivity contribution >= 4 is 22.5 Å². The smallest absolute Gasteiger partial charge is 0.133 e. The van der Waals surface area contributed by atoms with E-state index in [0.717, 1.165) is 22.2 Å². The number of aryl methyl sites for hydroxylation is 1. The van der Waals surface area contributed by atoms with E-state index in [4.69, 9.17) is 11.6 Å². The first kappa shape index (κ1) is 11.1. The van der Waals surface area contributed by atoms with Gasteiger partial charge in [0.2, 0.25) is 0 Å². The summed E-state index contributed by atoms with van der Waals surface area (Å²) in [6, 6.07) is 11.7. The molecule has 0 saturated heterocycles. The molecule has 0 fully saturated rings. The Morgan fingerprint density at radius 3 is 2.72 bits per heavy atom. The van der Waals surface area contributed by atoms with Crippen molar-refractivity contribution in [3.63, 3.8) is 0 Å². The number of nitrogens with zero attached hydrogens (tertiary/aromatic N) is 3. The molecular weight excluding hydrogens is 246 g/mol. The average molecular weight is 256 g/mol. The van der Waals surface area contributed by atoms with E-state index in [9.17, 15) is 0 Å². The Balaban J connectivity index is 2.31. The van der Waals surface area contributed by atoms with Gasteiger partial charge in [0.05, 0.1) is 11.2 Å². The Hall–Kier alpha value is -2.00. The lowest BCUT2D eigenvalue weighted by molar-refractivity contribution is 1.06. The molecule has 0 spiro atoms. The van der Waals surface area contributed by atoms with Gasteiger partial charge in [-0.3, -0.25) is 4.98 Å². The molecule has 1 aromatic carbocycles. The molecule has 0 atom stereocenters. The first-order chi connectivity index (χ1) is 8.74. The molecule has 0 N–H and O–H groups in total. The fourth-order valence-corrected chi connectivity index (χ4v) is 2.21. The molecule has 0 aliphatic rings. The minimum absolute atomic E-state index is 0.449. The van der Waals surface area contributed by atoms with Crippen LogP contribution in [0.2, 0.25) is 5.15 Å². The van der Waals surface area contributed by atoms with E-state index in [1.165, 1.54) is 0 Å². The van der Waals surface area contributed by atoms with Crippen LogP contribution in [0, 0.1) is 6.92 Å². The van der Waals surface area contributed by atoms with Crippen molar-refractivity contribution < 1.29 is 0 Å². The van der Waals surface area contributed by atoms with E-state index in [1.54, 1.807) is 12.3 Å². The van der Waals surface area contributed by atoms with E-state index < -0.39 is 0 Å². The van der Waals surface area contributed by atoms with E-state index >= 15 is 0 Å². The summed E-state index contributed by atoms with van der Waals surface area (Å²) < 4.78 is 0. The molecule has 2 heterocycles. The van der Waals surface area contributed by atoms with Crippen LogP contribution in [0.15, 0.2) is 42.6 Å². The maximum atomic E-state index is 5.98. The van der Waals surface area contributed by atoms with Crippen molar-refractivity contribution in [2.24, 2.45) is 0 Å². The molecule has 0 aliphatic carbocycles. The molecule has 0 aliphatic heterocycles. The van der Waals surface area contributed by atoms with E-state index in [0.29, 0.717) is 11.0 Å². The lowest BCUT2D eigenvalue weighted by Gasteiger charge is -2.06. The average Bonchev–Trinajstić information content (AvgIpc) is 2.37. The zero-order valence-electron chi connectivity index (χ0n) is 9.76. The number of rotatable bonds is 1. The molecule has 88 valence electrons. The second kappa shape index (κ2) is 4.35. The van der Waals surface area contributed by atoms with Gasteiger partial charge in [-0.1, -0.05) is 35.9 Å². The summed E-state index contributed by atoms with van der Waals surface area (Å²) in [5.41, 5.74) is 2.70. The summed E-state index contributed by atoms with van der Waals surface area (Å²) in [4.78, 5) is 12.9. The summed E-state index contributed by atoms with van der Waals surface area (Å²) in [5.74, 6) is 0.658. The Bertz CT molecular complexity index is 700. The third kappa shape index (κ3) is 1.93. The molecule has 0 radical (unpaired) electrons. The van der Waals surface area contributed by atoms with E-state index in [1.807, 2.05) is 37.3 Å². The van der Waals surface area contributed by atoms with Crippen LogP contribution in [0.5, 0.6) is 0 Å². The zero-order chi connectivity index (χ0) is 12.5. The van der Waals surface area contributed by atoms with Gasteiger partial charge in [0.15, 0.2) is 0 Å². The molecular formula is C14H10ClN3. The maximum absolute atomic E-state index is 5.98. The highest BCUT2D eigenvalue weighted by Crippen LogP contribution is 2.26. The zero-order valence-corrected chi connectivity index (χ0v) is 10.5. The van der Waals surface area contributed by atoms with Gasteiger partial charge >= 0.3 is 0 Å². The Kier molecular flexibility index (Phi) is 2.68. The molecule has 3 aromatic rings. The number of aromatic nitrogens is 3. The molecule has 0 saturated carbocycles. The summed E-state index contributed by atoms with van der Waals surface area (Å²) >= 11 is 5.98. The maximum Gasteiger partial charge on any atom is 0.133 e. The van der Waals surface area contributed by atoms with E-state index in [2.05, 4.69) is 15.0 Å². The first-order valence-corrected chi connectivity index (χ1v) is 5.97. The highest BCUT2D eigenvalue weighted by atomic mass is 35.5. The van der Waals surface area contributed by atoms with Crippen LogP contribution in [0.25, 0.3) is 22.2 Å². The SMILES string of the molecule is Cc1nc(Cl)cc(-c2cccc3cccnc23)n1. The molecule has 4 heteroatoms. The van der Waals surface area contributed by atoms with Gasteiger partial charge in [0.1, 0.15) is 11.0 Å². The fraction of sp³-hybridized carbons (Fsp3) is 0.0714. The second-order valence-corrected chi connectivity index (χ2v) is 4.39. The monoisotopic (exact) mass is 255 g/mol. The number of pyridine rings is 1. The third-order valence-corrected chi connectivity index (χ3v) is 2.91. The third-order valence-electron chi connectivity index (χ3n) is 2.72. The second-order valence-electron chi connectivity index (χ2n) is 4.00. The molecule has 0 unspecified atom stereocenters. The van der Waals surface area contributed by atoms with Gasteiger partial charge in [-0.2, -0.15) is 0 Å². The van der Waals surface area contributed by atoms with Gasteiger partial charge in [0.25, 0.3) is 0 Å². The van der Waals surface area contributed by atoms with Crippen molar-refractivity contribution in [3.05, 3.63) is 53.6 Å². The Labute approximate surface area is 109 Å². The summed E-state index contributed by atoms with van der Waals surface area (Å²) in [6.07, 6.45) is 1.78. The van der Waals surface area contributed by atoms with E-state index in [-0.39, 0.29) is 0 Å². The lowest BCUT2D eigenvalue weighted by atomic mass is 10.1. The van der Waals surface area contributed by atoms with Crippen LogP contribution in [0.1, 0.15) is 5.82 Å². The normalized spacial score (nSPS) is 10.8. The van der Waals surface area contributed by atoms with Crippen LogP contribution in [0.3, 0.4) is 0 Å². The van der Waals surface area contributed by atoms with Crippen molar-refractivity contribution in [3.8, 4) is 11.3 Å². The molecule has 0 bridgehead atoms. The predicted molar refractivity (Wildman–Crippen MR) is 72.5 cm³/mol. The quantitative estimate of drug-likeness (QED) is 0.623. The molecule has 2 aromatic heterocycles. The van der Waals surface area contributed by atoms with Gasteiger partial charge in [-0.25, -0.2) is 9.97 Å². The van der Waals surface area contributed by atoms with Crippen LogP contribution < -0.4 is 0 Å².